The van der Waals surface area contributed by atoms with Crippen LogP contribution in [0.2, 0.25) is 0 Å². The number of piperidine rings is 1. The lowest BCUT2D eigenvalue weighted by Crippen LogP contribution is -2.37. The Bertz CT molecular complexity index is 1050. The van der Waals surface area contributed by atoms with Crippen LogP contribution < -0.4 is 0 Å². The van der Waals surface area contributed by atoms with Gasteiger partial charge >= 0.3 is 6.09 Å². The van der Waals surface area contributed by atoms with Gasteiger partial charge in [0, 0.05) is 34.4 Å². The molecule has 2 aliphatic heterocycles. The number of carbonyl (C=O) groups is 1. The molecule has 1 aromatic carbocycles. The van der Waals surface area contributed by atoms with E-state index in [9.17, 15) is 4.79 Å². The number of hydrogen-bond acceptors (Lipinski definition) is 7. The van der Waals surface area contributed by atoms with Gasteiger partial charge in [-0.15, -0.1) is 0 Å². The summed E-state index contributed by atoms with van der Waals surface area (Å²) in [6, 6.07) is 4.26. The lowest BCUT2D eigenvalue weighted by Gasteiger charge is -2.29. The summed E-state index contributed by atoms with van der Waals surface area (Å²) in [7, 11) is 1.40. The minimum absolute atomic E-state index is 0.165. The molecule has 2 aromatic heterocycles. The van der Waals surface area contributed by atoms with Crippen molar-refractivity contribution in [3.63, 3.8) is 0 Å². The molecule has 0 saturated carbocycles. The molecule has 3 aromatic rings. The average Bonchev–Trinajstić information content (AvgIpc) is 3.34. The maximum Gasteiger partial charge on any atom is 0.409 e. The predicted octanol–water partition coefficient (Wildman–Crippen LogP) is 3.37. The number of amides is 1. The maximum absolute atomic E-state index is 11.7. The number of nitrogens with zero attached hydrogens (tertiary/aromatic N) is 5. The summed E-state index contributed by atoms with van der Waals surface area (Å²) in [5, 5.41) is 9.77. The average molecular weight is 462 g/mol. The van der Waals surface area contributed by atoms with Crippen LogP contribution in [0.4, 0.5) is 4.79 Å². The highest BCUT2D eigenvalue weighted by Crippen LogP contribution is 2.34. The fraction of sp³-hybridized carbons (Fsp3) is 0.474. The Morgan fingerprint density at radius 3 is 2.76 bits per heavy atom. The number of aromatic nitrogens is 4. The summed E-state index contributed by atoms with van der Waals surface area (Å²) in [4.78, 5) is 18.0. The van der Waals surface area contributed by atoms with Crippen LogP contribution >= 0.6 is 15.9 Å². The van der Waals surface area contributed by atoms with Gasteiger partial charge in [0.25, 0.3) is 5.89 Å². The molecule has 152 valence electrons. The van der Waals surface area contributed by atoms with Gasteiger partial charge in [0.05, 0.1) is 38.1 Å². The number of likely N-dealkylation sites (tertiary alicyclic amines) is 1. The first-order chi connectivity index (χ1) is 14.1. The summed E-state index contributed by atoms with van der Waals surface area (Å²) in [6.07, 6.45) is 3.13. The topological polar surface area (TPSA) is 95.5 Å². The Morgan fingerprint density at radius 2 is 2.07 bits per heavy atom. The molecule has 2 fully saturated rings. The molecular weight excluding hydrogens is 442 g/mol. The van der Waals surface area contributed by atoms with Crippen molar-refractivity contribution in [3.8, 4) is 11.5 Å². The molecule has 0 unspecified atom stereocenters. The summed E-state index contributed by atoms with van der Waals surface area (Å²) < 4.78 is 18.6. The van der Waals surface area contributed by atoms with Crippen LogP contribution in [-0.2, 0) is 9.47 Å². The molecule has 1 amide bonds. The zero-order valence-electron chi connectivity index (χ0n) is 15.9. The molecule has 10 heteroatoms. The molecule has 0 spiro atoms. The summed E-state index contributed by atoms with van der Waals surface area (Å²) >= 11 is 3.63. The number of halogens is 1. The Kier molecular flexibility index (Phi) is 4.75. The minimum atomic E-state index is -0.288. The van der Waals surface area contributed by atoms with Gasteiger partial charge in [-0.25, -0.2) is 4.79 Å². The monoisotopic (exact) mass is 461 g/mol. The summed E-state index contributed by atoms with van der Waals surface area (Å²) in [5.41, 5.74) is 1.85. The van der Waals surface area contributed by atoms with Crippen LogP contribution in [0.25, 0.3) is 22.4 Å². The predicted molar refractivity (Wildman–Crippen MR) is 107 cm³/mol. The van der Waals surface area contributed by atoms with Crippen LogP contribution in [0.3, 0.4) is 0 Å². The molecule has 2 saturated heterocycles. The van der Waals surface area contributed by atoms with E-state index in [2.05, 4.69) is 31.2 Å². The van der Waals surface area contributed by atoms with E-state index in [-0.39, 0.29) is 18.1 Å². The molecular formula is C19H20BrN5O4. The molecule has 0 N–H and O–H groups in total. The van der Waals surface area contributed by atoms with E-state index < -0.39 is 0 Å². The zero-order chi connectivity index (χ0) is 20.0. The van der Waals surface area contributed by atoms with Crippen LogP contribution in [0, 0.1) is 0 Å². The number of benzene rings is 1. The third kappa shape index (κ3) is 3.29. The van der Waals surface area contributed by atoms with Gasteiger partial charge in [-0.05, 0) is 25.0 Å². The molecule has 4 heterocycles. The molecule has 29 heavy (non-hydrogen) atoms. The summed E-state index contributed by atoms with van der Waals surface area (Å²) in [5.74, 6) is 1.33. The van der Waals surface area contributed by atoms with Crippen molar-refractivity contribution in [2.45, 2.75) is 24.8 Å². The lowest BCUT2D eigenvalue weighted by molar-refractivity contribution is -0.0266. The molecule has 0 aliphatic carbocycles. The van der Waals surface area contributed by atoms with E-state index in [1.807, 2.05) is 23.0 Å². The third-order valence-corrected chi connectivity index (χ3v) is 6.27. The number of carbonyl (C=O) groups excluding carboxylic acids is 1. The highest BCUT2D eigenvalue weighted by molar-refractivity contribution is 9.10. The van der Waals surface area contributed by atoms with Gasteiger partial charge in [0.2, 0.25) is 0 Å². The first-order valence-corrected chi connectivity index (χ1v) is 10.3. The Labute approximate surface area is 175 Å². The SMILES string of the molecule is COC(=O)N1CCC(c2noc(-c3cc(Br)c4cnn(C5COC5)c4c3)n2)CC1. The first-order valence-electron chi connectivity index (χ1n) is 9.55. The van der Waals surface area contributed by atoms with Crippen LogP contribution in [-0.4, -0.2) is 64.3 Å². The second-order valence-electron chi connectivity index (χ2n) is 7.36. The van der Waals surface area contributed by atoms with Crippen molar-refractivity contribution in [2.24, 2.45) is 0 Å². The zero-order valence-corrected chi connectivity index (χ0v) is 17.5. The number of ether oxygens (including phenoxy) is 2. The minimum Gasteiger partial charge on any atom is -0.453 e. The van der Waals surface area contributed by atoms with Crippen LogP contribution in [0.5, 0.6) is 0 Å². The number of fused-ring (bicyclic) bond motifs is 1. The van der Waals surface area contributed by atoms with Gasteiger partial charge in [0.1, 0.15) is 0 Å². The van der Waals surface area contributed by atoms with E-state index >= 15 is 0 Å². The van der Waals surface area contributed by atoms with Crippen LogP contribution in [0.1, 0.15) is 30.6 Å². The standard InChI is InChI=1S/C19H20BrN5O4/c1-27-19(26)24-4-2-11(3-5-24)17-22-18(29-23-17)12-6-15(20)14-8-21-25(16(14)7-12)13-9-28-10-13/h6-8,11,13H,2-5,9-10H2,1H3. The van der Waals surface area contributed by atoms with Crippen molar-refractivity contribution in [3.05, 3.63) is 28.6 Å². The number of rotatable bonds is 3. The molecule has 0 bridgehead atoms. The van der Waals surface area contributed by atoms with Gasteiger partial charge in [0.15, 0.2) is 5.82 Å². The van der Waals surface area contributed by atoms with E-state index in [0.717, 1.165) is 33.8 Å². The summed E-state index contributed by atoms with van der Waals surface area (Å²) in [6.45, 7) is 2.60. The number of hydrogen-bond donors (Lipinski definition) is 0. The Hall–Kier alpha value is -2.46. The fourth-order valence-corrected chi connectivity index (χ4v) is 4.40. The van der Waals surface area contributed by atoms with Gasteiger partial charge in [-0.3, -0.25) is 4.68 Å². The van der Waals surface area contributed by atoms with Gasteiger partial charge in [-0.1, -0.05) is 21.1 Å². The van der Waals surface area contributed by atoms with Crippen molar-refractivity contribution in [2.75, 3.05) is 33.4 Å². The fourth-order valence-electron chi connectivity index (χ4n) is 3.85. The van der Waals surface area contributed by atoms with E-state index in [0.29, 0.717) is 38.0 Å². The second-order valence-corrected chi connectivity index (χ2v) is 8.21. The molecule has 0 radical (unpaired) electrons. The van der Waals surface area contributed by atoms with E-state index in [1.54, 1.807) is 4.90 Å². The number of methoxy groups -OCH3 is 1. The Morgan fingerprint density at radius 1 is 1.28 bits per heavy atom. The normalized spacial score (nSPS) is 18.2. The molecule has 5 rings (SSSR count). The van der Waals surface area contributed by atoms with Crippen molar-refractivity contribution in [1.82, 2.24) is 24.8 Å². The quantitative estimate of drug-likeness (QED) is 0.589. The van der Waals surface area contributed by atoms with E-state index in [1.165, 1.54) is 7.11 Å². The molecule has 0 atom stereocenters. The highest BCUT2D eigenvalue weighted by atomic mass is 79.9. The largest absolute Gasteiger partial charge is 0.453 e. The Balaban J connectivity index is 1.39. The van der Waals surface area contributed by atoms with Crippen molar-refractivity contribution >= 4 is 32.9 Å². The highest BCUT2D eigenvalue weighted by Gasteiger charge is 2.28. The lowest BCUT2D eigenvalue weighted by atomic mass is 9.96. The molecule has 9 nitrogen and oxygen atoms in total. The second kappa shape index (κ2) is 7.42. The van der Waals surface area contributed by atoms with Crippen LogP contribution in [0.15, 0.2) is 27.3 Å². The van der Waals surface area contributed by atoms with Crippen molar-refractivity contribution in [1.29, 1.82) is 0 Å². The van der Waals surface area contributed by atoms with E-state index in [4.69, 9.17) is 14.0 Å². The van der Waals surface area contributed by atoms with Gasteiger partial charge < -0.3 is 18.9 Å². The smallest absolute Gasteiger partial charge is 0.409 e. The third-order valence-electron chi connectivity index (χ3n) is 5.61. The van der Waals surface area contributed by atoms with Crippen molar-refractivity contribution < 1.29 is 18.8 Å². The van der Waals surface area contributed by atoms with Gasteiger partial charge in [-0.2, -0.15) is 10.1 Å². The molecule has 2 aliphatic rings. The maximum atomic E-state index is 11.7. The first kappa shape index (κ1) is 18.6.